The fourth-order valence-corrected chi connectivity index (χ4v) is 3.29. The molecule has 0 unspecified atom stereocenters. The van der Waals surface area contributed by atoms with Crippen molar-refractivity contribution >= 4 is 42.1 Å². The number of nitrogens with one attached hydrogen (secondary N) is 1. The molecular formula is C7H5ClF4N2O3S2. The van der Waals surface area contributed by atoms with Crippen molar-refractivity contribution in [3.05, 3.63) is 5.69 Å². The van der Waals surface area contributed by atoms with Gasteiger partial charge in [0.15, 0.2) is 9.34 Å². The van der Waals surface area contributed by atoms with E-state index in [9.17, 15) is 30.8 Å². The number of amides is 1. The van der Waals surface area contributed by atoms with Gasteiger partial charge in [0.1, 0.15) is 0 Å². The fourth-order valence-electron chi connectivity index (χ4n) is 0.942. The van der Waals surface area contributed by atoms with Gasteiger partial charge in [0.2, 0.25) is 0 Å². The third kappa shape index (κ3) is 3.54. The summed E-state index contributed by atoms with van der Waals surface area (Å²) in [6.07, 6.45) is -4.19. The number of thiazole rings is 1. The van der Waals surface area contributed by atoms with Crippen LogP contribution in [0.3, 0.4) is 0 Å². The largest absolute Gasteiger partial charge is 0.383 e. The highest BCUT2D eigenvalue weighted by molar-refractivity contribution is 8.15. The molecule has 1 aromatic heterocycles. The third-order valence-electron chi connectivity index (χ3n) is 1.77. The fraction of sp³-hybridized carbons (Fsp3) is 0.429. The summed E-state index contributed by atoms with van der Waals surface area (Å²) in [5.74, 6) is -7.19. The number of aryl methyl sites for hydroxylation is 1. The van der Waals surface area contributed by atoms with E-state index in [0.717, 1.165) is 0 Å². The van der Waals surface area contributed by atoms with Crippen LogP contribution in [0.4, 0.5) is 22.7 Å². The summed E-state index contributed by atoms with van der Waals surface area (Å²) in [5.41, 5.74) is -0.143. The van der Waals surface area contributed by atoms with Crippen molar-refractivity contribution in [3.8, 4) is 0 Å². The average molecular weight is 341 g/mol. The maximum atomic E-state index is 12.6. The highest BCUT2D eigenvalue weighted by Crippen LogP contribution is 2.31. The molecule has 0 spiro atoms. The van der Waals surface area contributed by atoms with Gasteiger partial charge in [-0.3, -0.25) is 10.1 Å². The Labute approximate surface area is 113 Å². The van der Waals surface area contributed by atoms with Crippen molar-refractivity contribution in [3.63, 3.8) is 0 Å². The Bertz CT molecular complexity index is 601. The van der Waals surface area contributed by atoms with E-state index in [2.05, 4.69) is 4.98 Å². The Balaban J connectivity index is 3.00. The molecule has 5 nitrogen and oxygen atoms in total. The highest BCUT2D eigenvalue weighted by atomic mass is 35.7. The molecule has 1 aromatic rings. The summed E-state index contributed by atoms with van der Waals surface area (Å²) >= 11 is 0.281. The molecule has 0 aliphatic carbocycles. The van der Waals surface area contributed by atoms with E-state index in [0.29, 0.717) is 0 Å². The van der Waals surface area contributed by atoms with Crippen LogP contribution in [-0.4, -0.2) is 31.7 Å². The van der Waals surface area contributed by atoms with Crippen LogP contribution >= 0.6 is 22.0 Å². The first-order valence-corrected chi connectivity index (χ1v) is 7.48. The van der Waals surface area contributed by atoms with Gasteiger partial charge in [-0.25, -0.2) is 22.2 Å². The van der Waals surface area contributed by atoms with Crippen LogP contribution in [0.5, 0.6) is 0 Å². The van der Waals surface area contributed by atoms with Gasteiger partial charge >= 0.3 is 18.3 Å². The molecule has 12 heteroatoms. The van der Waals surface area contributed by atoms with Gasteiger partial charge in [-0.05, 0) is 6.92 Å². The van der Waals surface area contributed by atoms with E-state index in [1.807, 2.05) is 0 Å². The first-order chi connectivity index (χ1) is 8.46. The number of carbonyl (C=O) groups is 1. The monoisotopic (exact) mass is 340 g/mol. The van der Waals surface area contributed by atoms with Crippen molar-refractivity contribution < 1.29 is 30.8 Å². The first-order valence-electron chi connectivity index (χ1n) is 4.35. The molecular weight excluding hydrogens is 336 g/mol. The van der Waals surface area contributed by atoms with Crippen molar-refractivity contribution in [2.75, 3.05) is 5.32 Å². The molecule has 0 bridgehead atoms. The lowest BCUT2D eigenvalue weighted by Crippen LogP contribution is -2.40. The second kappa shape index (κ2) is 5.21. The van der Waals surface area contributed by atoms with Gasteiger partial charge in [-0.2, -0.15) is 8.78 Å². The quantitative estimate of drug-likeness (QED) is 0.673. The Morgan fingerprint density at radius 3 is 2.37 bits per heavy atom. The Morgan fingerprint density at radius 1 is 1.47 bits per heavy atom. The molecule has 108 valence electrons. The van der Waals surface area contributed by atoms with Gasteiger partial charge in [0, 0.05) is 10.7 Å². The molecule has 0 aromatic carbocycles. The molecule has 0 saturated heterocycles. The minimum atomic E-state index is -4.90. The van der Waals surface area contributed by atoms with Gasteiger partial charge in [0.05, 0.1) is 5.69 Å². The Kier molecular flexibility index (Phi) is 4.42. The molecule has 0 radical (unpaired) electrons. The predicted molar refractivity (Wildman–Crippen MR) is 59.5 cm³/mol. The smallest absolute Gasteiger partial charge is 0.296 e. The molecule has 0 aliphatic heterocycles. The van der Waals surface area contributed by atoms with E-state index in [4.69, 9.17) is 10.7 Å². The minimum absolute atomic E-state index is 0.143. The maximum absolute atomic E-state index is 12.6. The summed E-state index contributed by atoms with van der Waals surface area (Å²) in [5, 5.41) is 0.845. The molecule has 0 saturated carbocycles. The van der Waals surface area contributed by atoms with E-state index < -0.39 is 36.6 Å². The summed E-state index contributed by atoms with van der Waals surface area (Å²) < 4.78 is 70.6. The van der Waals surface area contributed by atoms with Crippen LogP contribution in [0.15, 0.2) is 4.21 Å². The van der Waals surface area contributed by atoms with E-state index in [1.54, 1.807) is 0 Å². The van der Waals surface area contributed by atoms with Crippen LogP contribution in [0, 0.1) is 6.92 Å². The number of aromatic nitrogens is 1. The van der Waals surface area contributed by atoms with Gasteiger partial charge in [-0.1, -0.05) is 11.3 Å². The second-order valence-corrected chi connectivity index (χ2v) is 6.97. The summed E-state index contributed by atoms with van der Waals surface area (Å²) in [7, 11) is 0.857. The lowest BCUT2D eigenvalue weighted by Gasteiger charge is -2.13. The summed E-state index contributed by atoms with van der Waals surface area (Å²) in [6.45, 7) is 1.20. The van der Waals surface area contributed by atoms with Gasteiger partial charge in [0.25, 0.3) is 9.05 Å². The van der Waals surface area contributed by atoms with E-state index >= 15 is 0 Å². The van der Waals surface area contributed by atoms with Crippen molar-refractivity contribution in [1.29, 1.82) is 0 Å². The van der Waals surface area contributed by atoms with Crippen LogP contribution in [0.2, 0.25) is 0 Å². The zero-order valence-electron chi connectivity index (χ0n) is 8.96. The number of anilines is 1. The maximum Gasteiger partial charge on any atom is 0.383 e. The van der Waals surface area contributed by atoms with Crippen molar-refractivity contribution in [1.82, 2.24) is 4.98 Å². The number of halogens is 5. The van der Waals surface area contributed by atoms with Crippen LogP contribution < -0.4 is 5.32 Å². The zero-order valence-corrected chi connectivity index (χ0v) is 11.3. The second-order valence-electron chi connectivity index (χ2n) is 3.21. The van der Waals surface area contributed by atoms with Gasteiger partial charge < -0.3 is 0 Å². The molecule has 1 heterocycles. The number of carbonyl (C=O) groups excluding carboxylic acids is 1. The molecule has 0 fully saturated rings. The van der Waals surface area contributed by atoms with Gasteiger partial charge in [-0.15, -0.1) is 0 Å². The SMILES string of the molecule is Cc1nc(NC(=O)C(F)(F)C(F)F)sc1S(=O)(=O)Cl. The standard InChI is InChI=1S/C7H5ClF4N2O3S2/c1-2-3(19(8,16)17)18-6(13-2)14-5(15)7(11,12)4(9)10/h4H,1H3,(H,13,14,15). The topological polar surface area (TPSA) is 76.1 Å². The molecule has 1 amide bonds. The number of rotatable bonds is 4. The lowest BCUT2D eigenvalue weighted by atomic mass is 10.3. The summed E-state index contributed by atoms with van der Waals surface area (Å²) in [4.78, 5) is 14.3. The minimum Gasteiger partial charge on any atom is -0.296 e. The zero-order chi connectivity index (χ0) is 15.0. The molecule has 0 atom stereocenters. The molecule has 0 aliphatic rings. The first kappa shape index (κ1) is 16.1. The van der Waals surface area contributed by atoms with E-state index in [-0.39, 0.29) is 17.0 Å². The predicted octanol–water partition coefficient (Wildman–Crippen LogP) is 2.22. The summed E-state index contributed by atoms with van der Waals surface area (Å²) in [6, 6.07) is 0. The Morgan fingerprint density at radius 2 is 2.00 bits per heavy atom. The number of hydrogen-bond acceptors (Lipinski definition) is 5. The lowest BCUT2D eigenvalue weighted by molar-refractivity contribution is -0.163. The van der Waals surface area contributed by atoms with Crippen molar-refractivity contribution in [2.45, 2.75) is 23.5 Å². The molecule has 19 heavy (non-hydrogen) atoms. The van der Waals surface area contributed by atoms with Crippen LogP contribution in [-0.2, 0) is 13.8 Å². The van der Waals surface area contributed by atoms with Crippen LogP contribution in [0.1, 0.15) is 5.69 Å². The number of hydrogen-bond donors (Lipinski definition) is 1. The number of alkyl halides is 4. The average Bonchev–Trinajstić information content (AvgIpc) is 2.58. The molecule has 1 N–H and O–H groups in total. The van der Waals surface area contributed by atoms with E-state index in [1.165, 1.54) is 12.2 Å². The highest BCUT2D eigenvalue weighted by Gasteiger charge is 2.49. The number of nitrogens with zero attached hydrogens (tertiary/aromatic N) is 1. The molecule has 1 rings (SSSR count). The normalized spacial score (nSPS) is 12.8. The third-order valence-corrected chi connectivity index (χ3v) is 5.02. The van der Waals surface area contributed by atoms with Crippen molar-refractivity contribution in [2.24, 2.45) is 0 Å². The van der Waals surface area contributed by atoms with Crippen LogP contribution in [0.25, 0.3) is 0 Å². The Hall–Kier alpha value is -0.940.